The molecule has 4 heterocycles. The largest absolute Gasteiger partial charge is 0.337 e. The zero-order valence-corrected chi connectivity index (χ0v) is 26.1. The molecule has 0 bridgehead atoms. The molecule has 236 valence electrons. The van der Waals surface area contributed by atoms with Gasteiger partial charge in [-0.1, -0.05) is 25.0 Å². The Kier molecular flexibility index (Phi) is 8.18. The lowest BCUT2D eigenvalue weighted by atomic mass is 9.97. The first-order chi connectivity index (χ1) is 22.2. The summed E-state index contributed by atoms with van der Waals surface area (Å²) in [6, 6.07) is 11.6. The lowest BCUT2D eigenvalue weighted by molar-refractivity contribution is 0.489. The third kappa shape index (κ3) is 6.33. The predicted molar refractivity (Wildman–Crippen MR) is 174 cm³/mol. The molecule has 5 aromatic rings. The summed E-state index contributed by atoms with van der Waals surface area (Å²) in [6.07, 6.45) is 11.3. The SMILES string of the molecule is CS(=O)(=O)NCc1cc(F)cc(-c2nccc3[nH]c(C4=NCc5ccc(-c6cncc(CNCC7CCCC7)c6)c(F)c54)nc23)c1. The quantitative estimate of drug-likeness (QED) is 0.181. The van der Waals surface area contributed by atoms with Gasteiger partial charge in [-0.15, -0.1) is 0 Å². The van der Waals surface area contributed by atoms with E-state index in [1.807, 2.05) is 18.3 Å². The number of aromatic amines is 1. The maximum atomic E-state index is 16.4. The second-order valence-corrected chi connectivity index (χ2v) is 13.9. The zero-order chi connectivity index (χ0) is 31.8. The van der Waals surface area contributed by atoms with Crippen LogP contribution in [-0.4, -0.2) is 46.9 Å². The Morgan fingerprint density at radius 1 is 0.978 bits per heavy atom. The maximum Gasteiger partial charge on any atom is 0.209 e. The molecule has 0 radical (unpaired) electrons. The standard InChI is InChI=1S/C34H33F2N7O2S/c1-46(44,45)41-17-21-10-24(13-26(35)12-21)31-32-28(8-9-39-31)42-34(43-32)33-29-23(19-40-33)6-7-27(30(29)36)25-11-22(16-38-18-25)15-37-14-20-4-2-3-5-20/h6-13,16,18,20,37,41H,2-5,14-15,17,19H2,1H3,(H,42,43). The van der Waals surface area contributed by atoms with E-state index in [4.69, 9.17) is 4.98 Å². The van der Waals surface area contributed by atoms with Gasteiger partial charge in [0.15, 0.2) is 5.82 Å². The van der Waals surface area contributed by atoms with Gasteiger partial charge in [0, 0.05) is 53.9 Å². The van der Waals surface area contributed by atoms with Crippen molar-refractivity contribution in [1.29, 1.82) is 0 Å². The van der Waals surface area contributed by atoms with Crippen molar-refractivity contribution in [2.45, 2.75) is 45.3 Å². The number of imidazole rings is 1. The molecule has 7 rings (SSSR count). The molecule has 2 aromatic carbocycles. The summed E-state index contributed by atoms with van der Waals surface area (Å²) >= 11 is 0. The third-order valence-electron chi connectivity index (χ3n) is 8.61. The van der Waals surface area contributed by atoms with E-state index in [-0.39, 0.29) is 6.54 Å². The maximum absolute atomic E-state index is 16.4. The number of aromatic nitrogens is 4. The van der Waals surface area contributed by atoms with Crippen molar-refractivity contribution in [3.8, 4) is 22.4 Å². The van der Waals surface area contributed by atoms with Gasteiger partial charge in [0.1, 0.15) is 22.9 Å². The second-order valence-electron chi connectivity index (χ2n) is 12.1. The highest BCUT2D eigenvalue weighted by Crippen LogP contribution is 2.34. The van der Waals surface area contributed by atoms with Crippen molar-refractivity contribution in [3.63, 3.8) is 0 Å². The Hall–Kier alpha value is -4.39. The average molecular weight is 642 g/mol. The lowest BCUT2D eigenvalue weighted by Gasteiger charge is -2.12. The third-order valence-corrected chi connectivity index (χ3v) is 9.28. The van der Waals surface area contributed by atoms with E-state index in [0.717, 1.165) is 29.8 Å². The molecule has 0 atom stereocenters. The first-order valence-electron chi connectivity index (χ1n) is 15.3. The smallest absolute Gasteiger partial charge is 0.209 e. The van der Waals surface area contributed by atoms with Gasteiger partial charge in [-0.25, -0.2) is 26.9 Å². The van der Waals surface area contributed by atoms with Crippen LogP contribution < -0.4 is 10.0 Å². The van der Waals surface area contributed by atoms with Crippen molar-refractivity contribution >= 4 is 26.8 Å². The van der Waals surface area contributed by atoms with Crippen molar-refractivity contribution in [2.75, 3.05) is 12.8 Å². The fourth-order valence-electron chi connectivity index (χ4n) is 6.39. The summed E-state index contributed by atoms with van der Waals surface area (Å²) in [7, 11) is -3.47. The van der Waals surface area contributed by atoms with Crippen LogP contribution in [0.3, 0.4) is 0 Å². The van der Waals surface area contributed by atoms with Crippen molar-refractivity contribution < 1.29 is 17.2 Å². The van der Waals surface area contributed by atoms with E-state index >= 15 is 4.39 Å². The highest BCUT2D eigenvalue weighted by Gasteiger charge is 2.27. The highest BCUT2D eigenvalue weighted by atomic mass is 32.2. The summed E-state index contributed by atoms with van der Waals surface area (Å²) in [4.78, 5) is 21.5. The van der Waals surface area contributed by atoms with Crippen LogP contribution in [0.25, 0.3) is 33.4 Å². The molecule has 0 saturated heterocycles. The molecule has 0 amide bonds. The molecule has 12 heteroatoms. The number of halogens is 2. The highest BCUT2D eigenvalue weighted by molar-refractivity contribution is 7.88. The Bertz CT molecular complexity index is 2090. The first-order valence-corrected chi connectivity index (χ1v) is 17.2. The summed E-state index contributed by atoms with van der Waals surface area (Å²) in [6.45, 7) is 1.89. The zero-order valence-electron chi connectivity index (χ0n) is 25.3. The van der Waals surface area contributed by atoms with Gasteiger partial charge in [-0.05, 0) is 72.3 Å². The molecule has 1 fully saturated rings. The van der Waals surface area contributed by atoms with Gasteiger partial charge in [0.2, 0.25) is 10.0 Å². The molecule has 1 saturated carbocycles. The van der Waals surface area contributed by atoms with Crippen LogP contribution in [0, 0.1) is 17.6 Å². The molecule has 46 heavy (non-hydrogen) atoms. The molecule has 0 unspecified atom stereocenters. The van der Waals surface area contributed by atoms with Crippen molar-refractivity contribution in [3.05, 3.63) is 101 Å². The predicted octanol–water partition coefficient (Wildman–Crippen LogP) is 5.65. The minimum Gasteiger partial charge on any atom is -0.337 e. The van der Waals surface area contributed by atoms with Crippen LogP contribution in [0.5, 0.6) is 0 Å². The van der Waals surface area contributed by atoms with Gasteiger partial charge in [0.25, 0.3) is 0 Å². The number of nitrogens with one attached hydrogen (secondary N) is 3. The molecule has 3 N–H and O–H groups in total. The number of H-pyrrole nitrogens is 1. The van der Waals surface area contributed by atoms with Crippen LogP contribution in [0.15, 0.2) is 66.0 Å². The van der Waals surface area contributed by atoms with Gasteiger partial charge in [-0.2, -0.15) is 0 Å². The van der Waals surface area contributed by atoms with Crippen LogP contribution in [0.2, 0.25) is 0 Å². The second kappa shape index (κ2) is 12.4. The molecular formula is C34H33F2N7O2S. The number of fused-ring (bicyclic) bond motifs is 2. The molecule has 3 aromatic heterocycles. The summed E-state index contributed by atoms with van der Waals surface area (Å²) in [5, 5.41) is 3.54. The minimum atomic E-state index is -3.47. The average Bonchev–Trinajstić information content (AvgIpc) is 3.80. The summed E-state index contributed by atoms with van der Waals surface area (Å²) < 4.78 is 56.5. The normalized spacial score (nSPS) is 15.1. The van der Waals surface area contributed by atoms with Gasteiger partial charge in [0.05, 0.1) is 24.0 Å². The number of hydrogen-bond acceptors (Lipinski definition) is 7. The van der Waals surface area contributed by atoms with Gasteiger partial charge >= 0.3 is 0 Å². The summed E-state index contributed by atoms with van der Waals surface area (Å²) in [5.74, 6) is 0.170. The number of rotatable bonds is 10. The monoisotopic (exact) mass is 641 g/mol. The molecule has 9 nitrogen and oxygen atoms in total. The Morgan fingerprint density at radius 2 is 1.80 bits per heavy atom. The molecule has 0 spiro atoms. The molecular weight excluding hydrogens is 608 g/mol. The Labute approximate surface area is 265 Å². The van der Waals surface area contributed by atoms with E-state index in [0.29, 0.717) is 69.2 Å². The minimum absolute atomic E-state index is 0.0734. The van der Waals surface area contributed by atoms with E-state index in [1.165, 1.54) is 37.8 Å². The van der Waals surface area contributed by atoms with Crippen LogP contribution in [0.1, 0.15) is 53.8 Å². The molecule has 1 aliphatic heterocycles. The van der Waals surface area contributed by atoms with Crippen molar-refractivity contribution in [2.24, 2.45) is 10.9 Å². The fourth-order valence-corrected chi connectivity index (χ4v) is 6.82. The van der Waals surface area contributed by atoms with E-state index < -0.39 is 21.7 Å². The topological polar surface area (TPSA) is 125 Å². The van der Waals surface area contributed by atoms with E-state index in [1.54, 1.807) is 30.6 Å². The van der Waals surface area contributed by atoms with Crippen LogP contribution >= 0.6 is 0 Å². The number of sulfonamides is 1. The van der Waals surface area contributed by atoms with Gasteiger partial charge in [-0.3, -0.25) is 15.0 Å². The number of nitrogens with zero attached hydrogens (tertiary/aromatic N) is 4. The van der Waals surface area contributed by atoms with Crippen LogP contribution in [0.4, 0.5) is 8.78 Å². The van der Waals surface area contributed by atoms with E-state index in [2.05, 4.69) is 30.0 Å². The number of aliphatic imine (C=N–C) groups is 1. The fraction of sp³-hybridized carbons (Fsp3) is 0.294. The molecule has 1 aliphatic carbocycles. The van der Waals surface area contributed by atoms with Crippen LogP contribution in [-0.2, 0) is 29.7 Å². The molecule has 2 aliphatic rings. The first kappa shape index (κ1) is 30.3. The van der Waals surface area contributed by atoms with E-state index in [9.17, 15) is 12.8 Å². The number of benzene rings is 2. The summed E-state index contributed by atoms with van der Waals surface area (Å²) in [5.41, 5.74) is 6.00. The Balaban J connectivity index is 1.18. The number of hydrogen-bond donors (Lipinski definition) is 3. The van der Waals surface area contributed by atoms with Crippen molar-refractivity contribution in [1.82, 2.24) is 30.0 Å². The Morgan fingerprint density at radius 3 is 2.63 bits per heavy atom. The number of pyridine rings is 2. The van der Waals surface area contributed by atoms with Gasteiger partial charge < -0.3 is 10.3 Å². The lowest BCUT2D eigenvalue weighted by Crippen LogP contribution is -2.21.